The van der Waals surface area contributed by atoms with Gasteiger partial charge in [-0.1, -0.05) is 30.3 Å². The van der Waals surface area contributed by atoms with E-state index >= 15 is 0 Å². The lowest BCUT2D eigenvalue weighted by molar-refractivity contribution is -0.145. The second kappa shape index (κ2) is 7.81. The van der Waals surface area contributed by atoms with Crippen LogP contribution < -0.4 is 5.73 Å². The van der Waals surface area contributed by atoms with Gasteiger partial charge in [-0.15, -0.1) is 0 Å². The molecule has 4 heteroatoms. The number of benzene rings is 1. The van der Waals surface area contributed by atoms with Crippen LogP contribution in [0, 0.1) is 0 Å². The zero-order valence-corrected chi connectivity index (χ0v) is 9.84. The van der Waals surface area contributed by atoms with Crippen LogP contribution in [0.2, 0.25) is 0 Å². The van der Waals surface area contributed by atoms with E-state index in [4.69, 9.17) is 15.6 Å². The molecule has 0 saturated carbocycles. The van der Waals surface area contributed by atoms with Gasteiger partial charge in [0.15, 0.2) is 0 Å². The molecule has 0 aliphatic rings. The number of ether oxygens (including phenoxy) is 1. The minimum absolute atomic E-state index is 0.119. The molecule has 3 N–H and O–H groups in total. The van der Waals surface area contributed by atoms with Crippen molar-refractivity contribution in [2.24, 2.45) is 5.73 Å². The number of aliphatic hydroxyl groups excluding tert-OH is 1. The first-order valence-electron chi connectivity index (χ1n) is 5.81. The highest BCUT2D eigenvalue weighted by Gasteiger charge is 2.15. The molecule has 0 aliphatic heterocycles. The van der Waals surface area contributed by atoms with Gasteiger partial charge in [-0.25, -0.2) is 0 Å². The molecule has 0 saturated heterocycles. The van der Waals surface area contributed by atoms with E-state index in [0.29, 0.717) is 25.9 Å². The number of nitrogens with two attached hydrogens (primary N) is 1. The SMILES string of the molecule is NC(Cc1ccccc1)C(=O)OCCCCO. The lowest BCUT2D eigenvalue weighted by Gasteiger charge is -2.11. The van der Waals surface area contributed by atoms with Gasteiger partial charge < -0.3 is 15.6 Å². The van der Waals surface area contributed by atoms with E-state index in [1.54, 1.807) is 0 Å². The van der Waals surface area contributed by atoms with Crippen LogP contribution in [-0.2, 0) is 16.0 Å². The number of aliphatic hydroxyl groups is 1. The molecule has 0 amide bonds. The summed E-state index contributed by atoms with van der Waals surface area (Å²) in [6.45, 7) is 0.440. The fourth-order valence-electron chi connectivity index (χ4n) is 1.45. The first kappa shape index (κ1) is 13.7. The number of unbranched alkanes of at least 4 members (excludes halogenated alkanes) is 1. The molecule has 1 aromatic carbocycles. The van der Waals surface area contributed by atoms with Crippen molar-refractivity contribution in [3.8, 4) is 0 Å². The summed E-state index contributed by atoms with van der Waals surface area (Å²) in [5.41, 5.74) is 6.76. The van der Waals surface area contributed by atoms with Gasteiger partial charge in [0.25, 0.3) is 0 Å². The van der Waals surface area contributed by atoms with Crippen molar-refractivity contribution in [1.29, 1.82) is 0 Å². The standard InChI is InChI=1S/C13H19NO3/c14-12(10-11-6-2-1-3-7-11)13(16)17-9-5-4-8-15/h1-3,6-7,12,15H,4-5,8-10,14H2. The first-order chi connectivity index (χ1) is 8.24. The Labute approximate surface area is 101 Å². The Morgan fingerprint density at radius 2 is 2.00 bits per heavy atom. The van der Waals surface area contributed by atoms with Crippen molar-refractivity contribution in [2.75, 3.05) is 13.2 Å². The van der Waals surface area contributed by atoms with Crippen LogP contribution in [0.5, 0.6) is 0 Å². The van der Waals surface area contributed by atoms with Crippen LogP contribution in [-0.4, -0.2) is 30.3 Å². The fourth-order valence-corrected chi connectivity index (χ4v) is 1.45. The molecule has 1 atom stereocenters. The minimum Gasteiger partial charge on any atom is -0.465 e. The van der Waals surface area contributed by atoms with Gasteiger partial charge in [0.2, 0.25) is 0 Å². The maximum Gasteiger partial charge on any atom is 0.323 e. The predicted octanol–water partition coefficient (Wildman–Crippen LogP) is 0.872. The number of hydrogen-bond donors (Lipinski definition) is 2. The molecule has 4 nitrogen and oxygen atoms in total. The van der Waals surface area contributed by atoms with Crippen LogP contribution in [0.4, 0.5) is 0 Å². The van der Waals surface area contributed by atoms with E-state index in [-0.39, 0.29) is 12.6 Å². The predicted molar refractivity (Wildman–Crippen MR) is 65.4 cm³/mol. The number of rotatable bonds is 7. The largest absolute Gasteiger partial charge is 0.465 e. The van der Waals surface area contributed by atoms with E-state index in [2.05, 4.69) is 0 Å². The summed E-state index contributed by atoms with van der Waals surface area (Å²) < 4.78 is 5.00. The third kappa shape index (κ3) is 5.47. The van der Waals surface area contributed by atoms with E-state index < -0.39 is 6.04 Å². The Morgan fingerprint density at radius 1 is 1.29 bits per heavy atom. The Hall–Kier alpha value is -1.39. The van der Waals surface area contributed by atoms with Gasteiger partial charge in [0, 0.05) is 6.61 Å². The van der Waals surface area contributed by atoms with E-state index in [0.717, 1.165) is 5.56 Å². The third-order valence-electron chi connectivity index (χ3n) is 2.40. The normalized spacial score (nSPS) is 12.1. The lowest BCUT2D eigenvalue weighted by Crippen LogP contribution is -2.34. The van der Waals surface area contributed by atoms with Crippen LogP contribution in [0.3, 0.4) is 0 Å². The number of carbonyl (C=O) groups is 1. The zero-order valence-electron chi connectivity index (χ0n) is 9.84. The molecule has 0 heterocycles. The molecule has 1 aromatic rings. The summed E-state index contributed by atoms with van der Waals surface area (Å²) in [4.78, 5) is 11.5. The lowest BCUT2D eigenvalue weighted by atomic mass is 10.1. The maximum atomic E-state index is 11.5. The summed E-state index contributed by atoms with van der Waals surface area (Å²) in [5.74, 6) is -0.383. The molecule has 0 bridgehead atoms. The van der Waals surface area contributed by atoms with Crippen molar-refractivity contribution in [3.63, 3.8) is 0 Å². The fraction of sp³-hybridized carbons (Fsp3) is 0.462. The zero-order chi connectivity index (χ0) is 12.5. The smallest absolute Gasteiger partial charge is 0.323 e. The Morgan fingerprint density at radius 3 is 2.65 bits per heavy atom. The Balaban J connectivity index is 2.27. The van der Waals surface area contributed by atoms with E-state index in [1.165, 1.54) is 0 Å². The molecule has 1 rings (SSSR count). The minimum atomic E-state index is -0.619. The topological polar surface area (TPSA) is 72.6 Å². The highest BCUT2D eigenvalue weighted by Crippen LogP contribution is 2.03. The third-order valence-corrected chi connectivity index (χ3v) is 2.40. The quantitative estimate of drug-likeness (QED) is 0.545. The van der Waals surface area contributed by atoms with E-state index in [1.807, 2.05) is 30.3 Å². The molecular formula is C13H19NO3. The average molecular weight is 237 g/mol. The molecule has 17 heavy (non-hydrogen) atoms. The molecule has 0 aliphatic carbocycles. The van der Waals surface area contributed by atoms with Crippen molar-refractivity contribution < 1.29 is 14.6 Å². The summed E-state index contributed by atoms with van der Waals surface area (Å²) >= 11 is 0. The van der Waals surface area contributed by atoms with Gasteiger partial charge in [-0.2, -0.15) is 0 Å². The highest BCUT2D eigenvalue weighted by molar-refractivity contribution is 5.75. The molecule has 0 fully saturated rings. The monoisotopic (exact) mass is 237 g/mol. The summed E-state index contributed by atoms with van der Waals surface area (Å²) in [6, 6.07) is 8.98. The van der Waals surface area contributed by atoms with Gasteiger partial charge >= 0.3 is 5.97 Å². The summed E-state index contributed by atoms with van der Waals surface area (Å²) in [7, 11) is 0. The molecule has 94 valence electrons. The number of esters is 1. The number of hydrogen-bond acceptors (Lipinski definition) is 4. The highest BCUT2D eigenvalue weighted by atomic mass is 16.5. The van der Waals surface area contributed by atoms with Gasteiger partial charge in [0.1, 0.15) is 6.04 Å². The summed E-state index contributed by atoms with van der Waals surface area (Å²) in [5, 5.41) is 8.57. The first-order valence-corrected chi connectivity index (χ1v) is 5.81. The molecule has 0 aromatic heterocycles. The second-order valence-corrected chi connectivity index (χ2v) is 3.89. The Kier molecular flexibility index (Phi) is 6.29. The molecule has 0 spiro atoms. The van der Waals surface area contributed by atoms with Crippen molar-refractivity contribution in [1.82, 2.24) is 0 Å². The second-order valence-electron chi connectivity index (χ2n) is 3.89. The molecular weight excluding hydrogens is 218 g/mol. The molecule has 1 unspecified atom stereocenters. The van der Waals surface area contributed by atoms with Gasteiger partial charge in [0.05, 0.1) is 6.61 Å². The van der Waals surface area contributed by atoms with Crippen molar-refractivity contribution in [2.45, 2.75) is 25.3 Å². The summed E-state index contributed by atoms with van der Waals surface area (Å²) in [6.07, 6.45) is 1.79. The Bertz CT molecular complexity index is 327. The van der Waals surface area contributed by atoms with Crippen molar-refractivity contribution in [3.05, 3.63) is 35.9 Å². The van der Waals surface area contributed by atoms with Crippen LogP contribution in [0.1, 0.15) is 18.4 Å². The average Bonchev–Trinajstić information content (AvgIpc) is 2.35. The van der Waals surface area contributed by atoms with Gasteiger partial charge in [-0.05, 0) is 24.8 Å². The van der Waals surface area contributed by atoms with Crippen LogP contribution in [0.15, 0.2) is 30.3 Å². The molecule has 0 radical (unpaired) electrons. The van der Waals surface area contributed by atoms with Crippen LogP contribution >= 0.6 is 0 Å². The van der Waals surface area contributed by atoms with Gasteiger partial charge in [-0.3, -0.25) is 4.79 Å². The maximum absolute atomic E-state index is 11.5. The van der Waals surface area contributed by atoms with E-state index in [9.17, 15) is 4.79 Å². The van der Waals surface area contributed by atoms with Crippen molar-refractivity contribution >= 4 is 5.97 Å². The number of carbonyl (C=O) groups excluding carboxylic acids is 1. The van der Waals surface area contributed by atoms with Crippen LogP contribution in [0.25, 0.3) is 0 Å².